The Morgan fingerprint density at radius 1 is 0.977 bits per heavy atom. The molecule has 0 aliphatic carbocycles. The molecule has 2 fully saturated rings. The lowest BCUT2D eigenvalue weighted by Gasteiger charge is -2.40. The Balaban J connectivity index is 1.54. The van der Waals surface area contributed by atoms with E-state index in [1.54, 1.807) is 17.3 Å². The van der Waals surface area contributed by atoms with Crippen LogP contribution >= 0.6 is 0 Å². The lowest BCUT2D eigenvalue weighted by Crippen LogP contribution is -2.63. The summed E-state index contributed by atoms with van der Waals surface area (Å²) < 4.78 is 18.2. The van der Waals surface area contributed by atoms with Gasteiger partial charge in [-0.25, -0.2) is 4.39 Å². The van der Waals surface area contributed by atoms with Crippen molar-refractivity contribution in [1.82, 2.24) is 25.2 Å². The molecule has 14 nitrogen and oxygen atoms in total. The molecule has 2 atom stereocenters. The van der Waals surface area contributed by atoms with Gasteiger partial charge in [-0.05, 0) is 36.4 Å². The Bertz CT molecular complexity index is 1380. The fourth-order valence-electron chi connectivity index (χ4n) is 5.03. The number of ether oxygens (including phenoxy) is 1. The monoisotopic (exact) mass is 612 g/mol. The number of hydroxylamine groups is 2. The van der Waals surface area contributed by atoms with Gasteiger partial charge < -0.3 is 29.6 Å². The third-order valence-electron chi connectivity index (χ3n) is 7.31. The minimum atomic E-state index is -1.44. The molecule has 44 heavy (non-hydrogen) atoms. The number of amides is 4. The van der Waals surface area contributed by atoms with Crippen molar-refractivity contribution in [3.63, 3.8) is 0 Å². The lowest BCUT2D eigenvalue weighted by atomic mass is 10.0. The molecule has 1 aromatic carbocycles. The highest BCUT2D eigenvalue weighted by molar-refractivity contribution is 6.00. The van der Waals surface area contributed by atoms with Crippen molar-refractivity contribution < 1.29 is 42.7 Å². The van der Waals surface area contributed by atoms with Crippen LogP contribution in [-0.2, 0) is 33.5 Å². The topological polar surface area (TPSA) is 159 Å². The van der Waals surface area contributed by atoms with Crippen molar-refractivity contribution in [2.24, 2.45) is 0 Å². The van der Waals surface area contributed by atoms with E-state index >= 15 is 0 Å². The first kappa shape index (κ1) is 31.8. The van der Waals surface area contributed by atoms with Crippen molar-refractivity contribution in [2.45, 2.75) is 31.8 Å². The zero-order valence-corrected chi connectivity index (χ0v) is 24.3. The zero-order valence-electron chi connectivity index (χ0n) is 24.3. The number of esters is 1. The quantitative estimate of drug-likeness (QED) is 0.386. The number of carbonyl (C=O) groups excluding carboxylic acids is 6. The molecule has 1 N–H and O–H groups in total. The van der Waals surface area contributed by atoms with Crippen molar-refractivity contribution in [3.8, 4) is 0 Å². The highest BCUT2D eigenvalue weighted by Gasteiger charge is 2.43. The van der Waals surface area contributed by atoms with Gasteiger partial charge in [0.15, 0.2) is 0 Å². The van der Waals surface area contributed by atoms with Crippen LogP contribution in [0.2, 0.25) is 0 Å². The Morgan fingerprint density at radius 3 is 2.25 bits per heavy atom. The van der Waals surface area contributed by atoms with E-state index in [9.17, 15) is 33.2 Å². The number of nitrogens with zero attached hydrogens (tertiary/aromatic N) is 5. The second-order valence-corrected chi connectivity index (χ2v) is 10.2. The van der Waals surface area contributed by atoms with E-state index < -0.39 is 66.3 Å². The number of methoxy groups -OCH3 is 1. The summed E-state index contributed by atoms with van der Waals surface area (Å²) in [4.78, 5) is 91.1. The Kier molecular flexibility index (Phi) is 10.4. The number of nitrogens with one attached hydrogen (secondary N) is 1. The van der Waals surface area contributed by atoms with Gasteiger partial charge in [0, 0.05) is 63.3 Å². The summed E-state index contributed by atoms with van der Waals surface area (Å²) in [5.74, 6) is -4.93. The van der Waals surface area contributed by atoms with Gasteiger partial charge in [-0.1, -0.05) is 0 Å². The number of piperazine rings is 2. The van der Waals surface area contributed by atoms with E-state index in [2.05, 4.69) is 15.2 Å². The van der Waals surface area contributed by atoms with Gasteiger partial charge in [0.05, 0.1) is 26.5 Å². The number of anilines is 1. The summed E-state index contributed by atoms with van der Waals surface area (Å²) in [6.45, 7) is 2.52. The van der Waals surface area contributed by atoms with E-state index in [-0.39, 0.29) is 18.7 Å². The molecule has 4 amide bonds. The van der Waals surface area contributed by atoms with Gasteiger partial charge in [-0.3, -0.25) is 33.8 Å². The lowest BCUT2D eigenvalue weighted by molar-refractivity contribution is -0.207. The van der Waals surface area contributed by atoms with Crippen LogP contribution in [0.15, 0.2) is 48.8 Å². The molecule has 234 valence electrons. The molecular formula is C29H33FN6O8. The third kappa shape index (κ3) is 7.85. The molecule has 2 aliphatic rings. The van der Waals surface area contributed by atoms with E-state index in [1.807, 2.05) is 12.1 Å². The van der Waals surface area contributed by atoms with Crippen LogP contribution in [0.4, 0.5) is 10.1 Å². The predicted octanol–water partition coefficient (Wildman–Crippen LogP) is 0.139. The summed E-state index contributed by atoms with van der Waals surface area (Å²) in [5.41, 5.74) is 1.01. The summed E-state index contributed by atoms with van der Waals surface area (Å²) in [5, 5.41) is 3.32. The first-order valence-electron chi connectivity index (χ1n) is 13.9. The average Bonchev–Trinajstić information content (AvgIpc) is 3.02. The summed E-state index contributed by atoms with van der Waals surface area (Å²) in [6, 6.07) is 5.49. The van der Waals surface area contributed by atoms with Crippen molar-refractivity contribution in [1.29, 1.82) is 0 Å². The summed E-state index contributed by atoms with van der Waals surface area (Å²) >= 11 is 0. The van der Waals surface area contributed by atoms with Crippen molar-refractivity contribution in [3.05, 3.63) is 60.2 Å². The van der Waals surface area contributed by atoms with E-state index in [4.69, 9.17) is 9.57 Å². The minimum absolute atomic E-state index is 0.0458. The molecule has 3 heterocycles. The number of benzene rings is 1. The Labute approximate surface area is 252 Å². The predicted molar refractivity (Wildman–Crippen MR) is 151 cm³/mol. The maximum atomic E-state index is 14.0. The van der Waals surface area contributed by atoms with Crippen LogP contribution < -0.4 is 10.2 Å². The molecule has 0 radical (unpaired) electrons. The van der Waals surface area contributed by atoms with Crippen LogP contribution in [0.5, 0.6) is 0 Å². The van der Waals surface area contributed by atoms with Crippen molar-refractivity contribution in [2.75, 3.05) is 51.3 Å². The first-order valence-corrected chi connectivity index (χ1v) is 13.9. The van der Waals surface area contributed by atoms with Gasteiger partial charge >= 0.3 is 11.9 Å². The molecule has 1 unspecified atom stereocenters. The average molecular weight is 613 g/mol. The SMILES string of the molecule is COC(=O)C[C@H]1C(=O)N(OC(C)=O)CCN1C(=O)C(CC(=O)N1CCN(c2ccncc2)CC1)NC(=O)c1ccc(F)cc1. The first-order chi connectivity index (χ1) is 21.1. The molecule has 2 aromatic rings. The molecule has 0 saturated carbocycles. The van der Waals surface area contributed by atoms with Crippen molar-refractivity contribution >= 4 is 41.3 Å². The number of rotatable bonds is 9. The Morgan fingerprint density at radius 2 is 1.64 bits per heavy atom. The molecule has 4 rings (SSSR count). The van der Waals surface area contributed by atoms with Crippen LogP contribution in [0.1, 0.15) is 30.1 Å². The minimum Gasteiger partial charge on any atom is -0.469 e. The molecule has 15 heteroatoms. The largest absolute Gasteiger partial charge is 0.469 e. The number of aromatic nitrogens is 1. The number of pyridine rings is 1. The second kappa shape index (κ2) is 14.4. The molecule has 1 aromatic heterocycles. The fourth-order valence-corrected chi connectivity index (χ4v) is 5.03. The van der Waals surface area contributed by atoms with Gasteiger partial charge in [0.2, 0.25) is 11.8 Å². The molecule has 0 spiro atoms. The highest BCUT2D eigenvalue weighted by Crippen LogP contribution is 2.20. The maximum absolute atomic E-state index is 14.0. The number of hydrogen-bond acceptors (Lipinski definition) is 10. The van der Waals surface area contributed by atoms with E-state index in [1.165, 1.54) is 12.1 Å². The molecule has 0 bridgehead atoms. The molecule has 2 saturated heterocycles. The normalized spacial score (nSPS) is 17.5. The highest BCUT2D eigenvalue weighted by atomic mass is 19.1. The summed E-state index contributed by atoms with van der Waals surface area (Å²) in [6.07, 6.45) is 2.36. The van der Waals surface area contributed by atoms with Gasteiger partial charge in [-0.2, -0.15) is 5.06 Å². The van der Waals surface area contributed by atoms with Gasteiger partial charge in [0.1, 0.15) is 17.9 Å². The van der Waals surface area contributed by atoms with Crippen LogP contribution in [0.3, 0.4) is 0 Å². The standard InChI is InChI=1S/C29H33FN6O8/c1-19(37)44-36-16-15-35(24(29(36)42)18-26(39)43-2)28(41)23(32-27(40)20-3-5-21(30)6-4-20)17-25(38)34-13-11-33(12-14-34)22-7-9-31-10-8-22/h3-10,23-24H,11-18H2,1-2H3,(H,32,40)/t23?,24-/m0/s1. The smallest absolute Gasteiger partial charge is 0.329 e. The number of hydrogen-bond donors (Lipinski definition) is 1. The number of halogens is 1. The van der Waals surface area contributed by atoms with Crippen LogP contribution in [0, 0.1) is 5.82 Å². The van der Waals surface area contributed by atoms with E-state index in [0.29, 0.717) is 26.2 Å². The van der Waals surface area contributed by atoms with Crippen LogP contribution in [0.25, 0.3) is 0 Å². The van der Waals surface area contributed by atoms with Gasteiger partial charge in [0.25, 0.3) is 11.8 Å². The summed E-state index contributed by atoms with van der Waals surface area (Å²) in [7, 11) is 1.12. The maximum Gasteiger partial charge on any atom is 0.329 e. The second-order valence-electron chi connectivity index (χ2n) is 10.2. The molecular weight excluding hydrogens is 579 g/mol. The van der Waals surface area contributed by atoms with Gasteiger partial charge in [-0.15, -0.1) is 0 Å². The number of carbonyl (C=O) groups is 6. The molecule has 2 aliphatic heterocycles. The third-order valence-corrected chi connectivity index (χ3v) is 7.31. The fraction of sp³-hybridized carbons (Fsp3) is 0.414. The van der Waals surface area contributed by atoms with Crippen LogP contribution in [-0.4, -0.2) is 114 Å². The Hall–Kier alpha value is -5.08. The van der Waals surface area contributed by atoms with E-state index in [0.717, 1.165) is 41.8 Å². The zero-order chi connectivity index (χ0) is 31.8.